The second-order valence-corrected chi connectivity index (χ2v) is 7.36. The fourth-order valence-electron chi connectivity index (χ4n) is 3.09. The summed E-state index contributed by atoms with van der Waals surface area (Å²) >= 11 is 1.75. The van der Waals surface area contributed by atoms with E-state index in [9.17, 15) is 0 Å². The summed E-state index contributed by atoms with van der Waals surface area (Å²) < 4.78 is 2.33. The molecule has 0 atom stereocenters. The van der Waals surface area contributed by atoms with Crippen molar-refractivity contribution in [3.8, 4) is 11.3 Å². The Kier molecular flexibility index (Phi) is 4.80. The highest BCUT2D eigenvalue weighted by atomic mass is 32.1. The number of aromatic nitrogens is 1. The highest BCUT2D eigenvalue weighted by molar-refractivity contribution is 7.09. The number of hydrogen-bond donors (Lipinski definition) is 0. The van der Waals surface area contributed by atoms with Crippen LogP contribution in [-0.2, 0) is 6.54 Å². The van der Waals surface area contributed by atoms with Gasteiger partial charge in [-0.1, -0.05) is 78.9 Å². The van der Waals surface area contributed by atoms with E-state index < -0.39 is 0 Å². The van der Waals surface area contributed by atoms with Crippen LogP contribution in [0.15, 0.2) is 96.0 Å². The Bertz CT molecular complexity index is 1050. The minimum Gasteiger partial charge on any atom is -0.312 e. The van der Waals surface area contributed by atoms with Gasteiger partial charge in [-0.3, -0.25) is 0 Å². The van der Waals surface area contributed by atoms with Crippen LogP contribution in [0.5, 0.6) is 0 Å². The van der Waals surface area contributed by atoms with E-state index in [0.717, 1.165) is 17.0 Å². The monoisotopic (exact) mass is 356 g/mol. The molecule has 0 fully saturated rings. The topological polar surface area (TPSA) is 17.3 Å². The molecule has 0 N–H and O–H groups in total. The molecule has 1 heterocycles. The van der Waals surface area contributed by atoms with Crippen LogP contribution in [0, 0.1) is 6.92 Å². The van der Waals surface area contributed by atoms with Crippen molar-refractivity contribution in [2.24, 2.45) is 4.99 Å². The van der Waals surface area contributed by atoms with E-state index in [1.807, 2.05) is 30.3 Å². The van der Waals surface area contributed by atoms with E-state index in [4.69, 9.17) is 4.99 Å². The lowest BCUT2D eigenvalue weighted by atomic mass is 10.1. The average molecular weight is 356 g/mol. The molecule has 0 aliphatic carbocycles. The second kappa shape index (κ2) is 7.54. The standard InChI is InChI=1S/C23H20N2S/c1-18-22(20-13-7-3-8-14-20)25(17-19-11-5-2-6-12-19)23(26-18)24-21-15-9-4-10-16-21/h2-16H,17H2,1H3. The molecule has 1 aromatic heterocycles. The van der Waals surface area contributed by atoms with E-state index in [1.165, 1.54) is 21.7 Å². The van der Waals surface area contributed by atoms with Crippen LogP contribution in [0.25, 0.3) is 11.3 Å². The van der Waals surface area contributed by atoms with Gasteiger partial charge in [-0.2, -0.15) is 0 Å². The van der Waals surface area contributed by atoms with Gasteiger partial charge in [0.1, 0.15) is 0 Å². The van der Waals surface area contributed by atoms with Crippen molar-refractivity contribution < 1.29 is 0 Å². The van der Waals surface area contributed by atoms with Crippen molar-refractivity contribution in [2.75, 3.05) is 0 Å². The van der Waals surface area contributed by atoms with Crippen LogP contribution in [0.3, 0.4) is 0 Å². The van der Waals surface area contributed by atoms with Gasteiger partial charge >= 0.3 is 0 Å². The first-order chi connectivity index (χ1) is 12.8. The lowest BCUT2D eigenvalue weighted by Gasteiger charge is -2.10. The largest absolute Gasteiger partial charge is 0.312 e. The minimum absolute atomic E-state index is 0.807. The van der Waals surface area contributed by atoms with Crippen LogP contribution in [0.4, 0.5) is 5.69 Å². The zero-order chi connectivity index (χ0) is 17.8. The first-order valence-corrected chi connectivity index (χ1v) is 9.52. The summed E-state index contributed by atoms with van der Waals surface area (Å²) in [4.78, 5) is 7.23. The Hall–Kier alpha value is -2.91. The molecule has 4 aromatic rings. The smallest absolute Gasteiger partial charge is 0.190 e. The molecule has 0 aliphatic heterocycles. The molecular formula is C23H20N2S. The van der Waals surface area contributed by atoms with Crippen molar-refractivity contribution in [3.05, 3.63) is 106 Å². The van der Waals surface area contributed by atoms with Crippen molar-refractivity contribution in [1.29, 1.82) is 0 Å². The van der Waals surface area contributed by atoms with Crippen molar-refractivity contribution >= 4 is 17.0 Å². The molecule has 0 amide bonds. The Labute approximate surface area is 157 Å². The van der Waals surface area contributed by atoms with Gasteiger partial charge in [0.25, 0.3) is 0 Å². The van der Waals surface area contributed by atoms with Crippen LogP contribution < -0.4 is 4.80 Å². The third-order valence-electron chi connectivity index (χ3n) is 4.29. The normalized spacial score (nSPS) is 11.7. The predicted octanol–water partition coefficient (Wildman–Crippen LogP) is 5.81. The number of thiazole rings is 1. The molecule has 0 saturated carbocycles. The molecule has 3 aromatic carbocycles. The van der Waals surface area contributed by atoms with E-state index in [2.05, 4.69) is 72.2 Å². The SMILES string of the molecule is Cc1sc(=Nc2ccccc2)n(Cc2ccccc2)c1-c1ccccc1. The molecule has 128 valence electrons. The Morgan fingerprint density at radius 3 is 2.00 bits per heavy atom. The number of nitrogens with zero attached hydrogens (tertiary/aromatic N) is 2. The third-order valence-corrected chi connectivity index (χ3v) is 5.28. The Morgan fingerprint density at radius 1 is 0.769 bits per heavy atom. The summed E-state index contributed by atoms with van der Waals surface area (Å²) in [5.41, 5.74) is 4.73. The van der Waals surface area contributed by atoms with Crippen molar-refractivity contribution in [3.63, 3.8) is 0 Å². The highest BCUT2D eigenvalue weighted by Crippen LogP contribution is 2.26. The zero-order valence-corrected chi connectivity index (χ0v) is 15.5. The van der Waals surface area contributed by atoms with Gasteiger partial charge in [0.15, 0.2) is 4.80 Å². The fraction of sp³-hybridized carbons (Fsp3) is 0.0870. The molecule has 0 radical (unpaired) electrons. The Balaban J connectivity index is 1.91. The van der Waals surface area contributed by atoms with Gasteiger partial charge in [0.05, 0.1) is 17.9 Å². The predicted molar refractivity (Wildman–Crippen MR) is 110 cm³/mol. The van der Waals surface area contributed by atoms with Gasteiger partial charge in [-0.25, -0.2) is 4.99 Å². The first kappa shape index (κ1) is 16.6. The van der Waals surface area contributed by atoms with Crippen LogP contribution in [0.2, 0.25) is 0 Å². The van der Waals surface area contributed by atoms with E-state index in [1.54, 1.807) is 11.3 Å². The van der Waals surface area contributed by atoms with Gasteiger partial charge < -0.3 is 4.57 Å². The maximum Gasteiger partial charge on any atom is 0.190 e. The molecule has 0 saturated heterocycles. The maximum absolute atomic E-state index is 4.93. The number of hydrogen-bond acceptors (Lipinski definition) is 2. The summed E-state index contributed by atoms with van der Waals surface area (Å²) in [6.07, 6.45) is 0. The van der Waals surface area contributed by atoms with E-state index in [-0.39, 0.29) is 0 Å². The fourth-order valence-corrected chi connectivity index (χ4v) is 4.11. The third kappa shape index (κ3) is 3.53. The van der Waals surface area contributed by atoms with Crippen LogP contribution in [-0.4, -0.2) is 4.57 Å². The molecule has 0 spiro atoms. The van der Waals surface area contributed by atoms with Crippen LogP contribution in [0.1, 0.15) is 10.4 Å². The number of para-hydroxylation sites is 1. The molecule has 3 heteroatoms. The van der Waals surface area contributed by atoms with Gasteiger partial charge in [-0.05, 0) is 30.2 Å². The second-order valence-electron chi connectivity index (χ2n) is 6.17. The number of rotatable bonds is 4. The van der Waals surface area contributed by atoms with Gasteiger partial charge in [-0.15, -0.1) is 11.3 Å². The molecule has 0 aliphatic rings. The lowest BCUT2D eigenvalue weighted by molar-refractivity contribution is 0.776. The minimum atomic E-state index is 0.807. The molecule has 0 bridgehead atoms. The quantitative estimate of drug-likeness (QED) is 0.439. The number of aryl methyl sites for hydroxylation is 1. The van der Waals surface area contributed by atoms with Crippen LogP contribution >= 0.6 is 11.3 Å². The highest BCUT2D eigenvalue weighted by Gasteiger charge is 2.13. The molecular weight excluding hydrogens is 336 g/mol. The lowest BCUT2D eigenvalue weighted by Crippen LogP contribution is -2.16. The summed E-state index contributed by atoms with van der Waals surface area (Å²) in [6, 6.07) is 31.3. The molecule has 2 nitrogen and oxygen atoms in total. The van der Waals surface area contributed by atoms with Crippen molar-refractivity contribution in [2.45, 2.75) is 13.5 Å². The summed E-state index contributed by atoms with van der Waals surface area (Å²) in [5, 5.41) is 0. The number of benzene rings is 3. The first-order valence-electron chi connectivity index (χ1n) is 8.70. The van der Waals surface area contributed by atoms with E-state index >= 15 is 0 Å². The summed E-state index contributed by atoms with van der Waals surface area (Å²) in [5.74, 6) is 0. The molecule has 4 rings (SSSR count). The van der Waals surface area contributed by atoms with Gasteiger partial charge in [0.2, 0.25) is 0 Å². The van der Waals surface area contributed by atoms with Crippen molar-refractivity contribution in [1.82, 2.24) is 4.57 Å². The summed E-state index contributed by atoms with van der Waals surface area (Å²) in [6.45, 7) is 2.99. The molecule has 26 heavy (non-hydrogen) atoms. The Morgan fingerprint density at radius 2 is 1.35 bits per heavy atom. The average Bonchev–Trinajstić information content (AvgIpc) is 2.99. The summed E-state index contributed by atoms with van der Waals surface area (Å²) in [7, 11) is 0. The molecule has 0 unspecified atom stereocenters. The zero-order valence-electron chi connectivity index (χ0n) is 14.7. The maximum atomic E-state index is 4.93. The van der Waals surface area contributed by atoms with Gasteiger partial charge in [0, 0.05) is 4.88 Å². The van der Waals surface area contributed by atoms with E-state index in [0.29, 0.717) is 0 Å².